The summed E-state index contributed by atoms with van der Waals surface area (Å²) in [6, 6.07) is 12.8. The molecule has 0 unspecified atom stereocenters. The van der Waals surface area contributed by atoms with E-state index in [2.05, 4.69) is 15.8 Å². The molecule has 3 rings (SSSR count). The van der Waals surface area contributed by atoms with Gasteiger partial charge >= 0.3 is 0 Å². The van der Waals surface area contributed by atoms with Gasteiger partial charge in [0.05, 0.1) is 12.1 Å². The second kappa shape index (κ2) is 10.8. The fourth-order valence-corrected chi connectivity index (χ4v) is 3.39. The van der Waals surface area contributed by atoms with Crippen molar-refractivity contribution in [2.24, 2.45) is 0 Å². The first kappa shape index (κ1) is 22.6. The average molecular weight is 460 g/mol. The summed E-state index contributed by atoms with van der Waals surface area (Å²) in [4.78, 5) is 28.4. The van der Waals surface area contributed by atoms with Gasteiger partial charge in [-0.15, -0.1) is 11.3 Å². The summed E-state index contributed by atoms with van der Waals surface area (Å²) in [6.07, 6.45) is 0.0373. The highest BCUT2D eigenvalue weighted by atomic mass is 35.5. The molecule has 0 saturated carbocycles. The zero-order chi connectivity index (χ0) is 22.2. The molecular weight excluding hydrogens is 438 g/mol. The van der Waals surface area contributed by atoms with Crippen molar-refractivity contribution < 1.29 is 19.1 Å². The van der Waals surface area contributed by atoms with Crippen LogP contribution in [-0.4, -0.2) is 23.4 Å². The van der Waals surface area contributed by atoms with Gasteiger partial charge in [-0.3, -0.25) is 20.4 Å². The lowest BCUT2D eigenvalue weighted by atomic mass is 10.1. The highest BCUT2D eigenvalue weighted by Crippen LogP contribution is 2.19. The van der Waals surface area contributed by atoms with Crippen LogP contribution in [0.2, 0.25) is 5.02 Å². The van der Waals surface area contributed by atoms with Crippen molar-refractivity contribution in [2.75, 3.05) is 6.61 Å². The average Bonchev–Trinajstić information content (AvgIpc) is 3.19. The molecule has 162 valence electrons. The molecule has 3 aromatic rings. The van der Waals surface area contributed by atoms with Crippen molar-refractivity contribution in [2.45, 2.75) is 26.9 Å². The minimum absolute atomic E-state index is 0.0373. The van der Waals surface area contributed by atoms with E-state index in [0.717, 1.165) is 16.1 Å². The van der Waals surface area contributed by atoms with Gasteiger partial charge in [-0.25, -0.2) is 4.98 Å². The molecular formula is C22H22ClN3O4S. The van der Waals surface area contributed by atoms with E-state index in [1.807, 2.05) is 32.0 Å². The zero-order valence-corrected chi connectivity index (χ0v) is 18.7. The van der Waals surface area contributed by atoms with E-state index in [9.17, 15) is 9.59 Å². The van der Waals surface area contributed by atoms with Gasteiger partial charge in [-0.05, 0) is 55.3 Å². The van der Waals surface area contributed by atoms with E-state index >= 15 is 0 Å². The Labute approximate surface area is 189 Å². The number of amides is 2. The fraction of sp³-hybridized carbons (Fsp3) is 0.227. The fourth-order valence-electron chi connectivity index (χ4n) is 2.56. The SMILES string of the molecule is Cc1ccc(C)c(OCC(=O)NNC(=O)Cc2csc(COc3ccc(Cl)cc3)n2)c1. The van der Waals surface area contributed by atoms with E-state index < -0.39 is 5.91 Å². The molecule has 31 heavy (non-hydrogen) atoms. The number of carbonyl (C=O) groups excluding carboxylic acids is 2. The number of aromatic nitrogens is 1. The number of thiazole rings is 1. The lowest BCUT2D eigenvalue weighted by Crippen LogP contribution is -2.44. The number of ether oxygens (including phenoxy) is 2. The lowest BCUT2D eigenvalue weighted by molar-refractivity contribution is -0.129. The van der Waals surface area contributed by atoms with Crippen LogP contribution >= 0.6 is 22.9 Å². The third-order valence-corrected chi connectivity index (χ3v) is 5.28. The van der Waals surface area contributed by atoms with Crippen molar-refractivity contribution >= 4 is 34.8 Å². The van der Waals surface area contributed by atoms with Crippen LogP contribution in [0, 0.1) is 13.8 Å². The van der Waals surface area contributed by atoms with Gasteiger partial charge in [0.25, 0.3) is 5.91 Å². The largest absolute Gasteiger partial charge is 0.486 e. The summed E-state index contributed by atoms with van der Waals surface area (Å²) in [6.45, 7) is 3.94. The Bertz CT molecular complexity index is 1050. The molecule has 1 heterocycles. The highest BCUT2D eigenvalue weighted by molar-refractivity contribution is 7.09. The van der Waals surface area contributed by atoms with Crippen LogP contribution < -0.4 is 20.3 Å². The minimum atomic E-state index is -0.454. The Hall–Kier alpha value is -3.10. The summed E-state index contributed by atoms with van der Waals surface area (Å²) in [5.41, 5.74) is 7.27. The summed E-state index contributed by atoms with van der Waals surface area (Å²) >= 11 is 7.24. The van der Waals surface area contributed by atoms with Crippen LogP contribution in [0.4, 0.5) is 0 Å². The lowest BCUT2D eigenvalue weighted by Gasteiger charge is -2.10. The van der Waals surface area contributed by atoms with E-state index in [4.69, 9.17) is 21.1 Å². The predicted octanol–water partition coefficient (Wildman–Crippen LogP) is 3.76. The molecule has 2 N–H and O–H groups in total. The molecule has 0 radical (unpaired) electrons. The van der Waals surface area contributed by atoms with Gasteiger partial charge in [-0.1, -0.05) is 23.7 Å². The predicted molar refractivity (Wildman–Crippen MR) is 119 cm³/mol. The van der Waals surface area contributed by atoms with E-state index in [0.29, 0.717) is 28.8 Å². The van der Waals surface area contributed by atoms with E-state index in [1.165, 1.54) is 11.3 Å². The van der Waals surface area contributed by atoms with Gasteiger partial charge in [0.1, 0.15) is 23.1 Å². The van der Waals surface area contributed by atoms with Crippen molar-refractivity contribution in [3.63, 3.8) is 0 Å². The summed E-state index contributed by atoms with van der Waals surface area (Å²) in [5.74, 6) is 0.488. The molecule has 0 fully saturated rings. The maximum absolute atomic E-state index is 12.1. The molecule has 2 aromatic carbocycles. The molecule has 0 aliphatic carbocycles. The standard InChI is InChI=1S/C22H22ClN3O4S/c1-14-3-4-15(2)19(9-14)30-11-21(28)26-25-20(27)10-17-13-31-22(24-17)12-29-18-7-5-16(23)6-8-18/h3-9,13H,10-12H2,1-2H3,(H,25,27)(H,26,28). The van der Waals surface area contributed by atoms with E-state index in [1.54, 1.807) is 29.6 Å². The first-order valence-corrected chi connectivity index (χ1v) is 10.7. The zero-order valence-electron chi connectivity index (χ0n) is 17.1. The molecule has 0 bridgehead atoms. The topological polar surface area (TPSA) is 89.6 Å². The number of nitrogens with zero attached hydrogens (tertiary/aromatic N) is 1. The maximum atomic E-state index is 12.1. The smallest absolute Gasteiger partial charge is 0.276 e. The number of nitrogens with one attached hydrogen (secondary N) is 2. The Balaban J connectivity index is 1.39. The van der Waals surface area contributed by atoms with E-state index in [-0.39, 0.29) is 18.9 Å². The van der Waals surface area contributed by atoms with Crippen molar-refractivity contribution in [1.29, 1.82) is 0 Å². The molecule has 0 spiro atoms. The van der Waals surface area contributed by atoms with Crippen molar-refractivity contribution in [3.05, 3.63) is 74.7 Å². The number of benzene rings is 2. The van der Waals surface area contributed by atoms with Crippen LogP contribution in [-0.2, 0) is 22.6 Å². The third kappa shape index (κ3) is 7.27. The van der Waals surface area contributed by atoms with Crippen LogP contribution in [0.25, 0.3) is 0 Å². The number of hydrogen-bond acceptors (Lipinski definition) is 6. The summed E-state index contributed by atoms with van der Waals surface area (Å²) < 4.78 is 11.1. The molecule has 0 aliphatic heterocycles. The monoisotopic (exact) mass is 459 g/mol. The Morgan fingerprint density at radius 3 is 2.55 bits per heavy atom. The molecule has 7 nitrogen and oxygen atoms in total. The quantitative estimate of drug-likeness (QED) is 0.500. The number of hydrogen-bond donors (Lipinski definition) is 2. The molecule has 9 heteroatoms. The Morgan fingerprint density at radius 2 is 1.77 bits per heavy atom. The van der Waals surface area contributed by atoms with Gasteiger partial charge in [-0.2, -0.15) is 0 Å². The second-order valence-electron chi connectivity index (χ2n) is 6.81. The molecule has 0 aliphatic rings. The van der Waals surface area contributed by atoms with Gasteiger partial charge < -0.3 is 9.47 Å². The van der Waals surface area contributed by atoms with Crippen LogP contribution in [0.1, 0.15) is 21.8 Å². The Kier molecular flexibility index (Phi) is 7.86. The van der Waals surface area contributed by atoms with Crippen LogP contribution in [0.3, 0.4) is 0 Å². The maximum Gasteiger partial charge on any atom is 0.276 e. The number of carbonyl (C=O) groups is 2. The van der Waals surface area contributed by atoms with Gasteiger partial charge in [0.2, 0.25) is 5.91 Å². The number of rotatable bonds is 8. The number of halogens is 1. The molecule has 0 saturated heterocycles. The Morgan fingerprint density at radius 1 is 1.03 bits per heavy atom. The minimum Gasteiger partial charge on any atom is -0.486 e. The number of hydrazine groups is 1. The van der Waals surface area contributed by atoms with Crippen LogP contribution in [0.5, 0.6) is 11.5 Å². The summed E-state index contributed by atoms with van der Waals surface area (Å²) in [5, 5.41) is 3.16. The third-order valence-electron chi connectivity index (χ3n) is 4.16. The van der Waals surface area contributed by atoms with Crippen molar-refractivity contribution in [3.8, 4) is 11.5 Å². The molecule has 2 amide bonds. The highest BCUT2D eigenvalue weighted by Gasteiger charge is 2.10. The second-order valence-corrected chi connectivity index (χ2v) is 8.19. The normalized spacial score (nSPS) is 10.4. The van der Waals surface area contributed by atoms with Gasteiger partial charge in [0.15, 0.2) is 6.61 Å². The van der Waals surface area contributed by atoms with Gasteiger partial charge in [0, 0.05) is 10.4 Å². The molecule has 0 atom stereocenters. The summed E-state index contributed by atoms with van der Waals surface area (Å²) in [7, 11) is 0. The first-order chi connectivity index (χ1) is 14.9. The number of aryl methyl sites for hydroxylation is 2. The first-order valence-electron chi connectivity index (χ1n) is 9.48. The van der Waals surface area contributed by atoms with Crippen molar-refractivity contribution in [1.82, 2.24) is 15.8 Å². The van der Waals surface area contributed by atoms with Crippen LogP contribution in [0.15, 0.2) is 47.8 Å². The molecule has 1 aromatic heterocycles.